The van der Waals surface area contributed by atoms with Gasteiger partial charge in [0.1, 0.15) is 5.75 Å². The highest BCUT2D eigenvalue weighted by Gasteiger charge is 2.38. The molecule has 0 unspecified atom stereocenters. The van der Waals surface area contributed by atoms with Gasteiger partial charge in [-0.15, -0.1) is 0 Å². The average molecular weight is 347 g/mol. The largest absolute Gasteiger partial charge is 0.480 e. The third kappa shape index (κ3) is 5.16. The molecule has 1 aromatic heterocycles. The van der Waals surface area contributed by atoms with Gasteiger partial charge in [0.15, 0.2) is 6.10 Å². The van der Waals surface area contributed by atoms with Crippen molar-refractivity contribution in [2.75, 3.05) is 13.1 Å². The molecule has 7 nitrogen and oxygen atoms in total. The number of nitrogens with zero attached hydrogens (tertiary/aromatic N) is 2. The Kier molecular flexibility index (Phi) is 5.53. The lowest BCUT2D eigenvalue weighted by Crippen LogP contribution is -2.56. The minimum atomic E-state index is -0.786. The summed E-state index contributed by atoms with van der Waals surface area (Å²) in [5, 5.41) is 12.1. The summed E-state index contributed by atoms with van der Waals surface area (Å²) in [5.74, 6) is 0.278. The summed E-state index contributed by atoms with van der Waals surface area (Å²) in [7, 11) is 0. The van der Waals surface area contributed by atoms with Gasteiger partial charge in [-0.25, -0.2) is 0 Å². The number of carbonyl (C=O) groups excluding carboxylic acids is 1. The van der Waals surface area contributed by atoms with Crippen molar-refractivity contribution < 1.29 is 19.4 Å². The number of hydrogen-bond donors (Lipinski definition) is 2. The van der Waals surface area contributed by atoms with E-state index in [4.69, 9.17) is 9.84 Å². The topological polar surface area (TPSA) is 91.8 Å². The highest BCUT2D eigenvalue weighted by atomic mass is 16.5. The van der Waals surface area contributed by atoms with Gasteiger partial charge >= 0.3 is 5.97 Å². The fraction of sp³-hybridized carbons (Fsp3) is 0.611. The predicted molar refractivity (Wildman–Crippen MR) is 91.2 cm³/mol. The standard InChI is InChI=1S/C18H25N3O4/c1-12(25-16-3-2-6-19-9-16)18(24)20-14-7-15(8-14)21(11-17(22)23)10-13-4-5-13/h2-3,6,9,12-15H,4-5,7-8,10-11H2,1H3,(H,20,24)(H,22,23)/t12-,14?,15?/m0/s1. The Morgan fingerprint density at radius 3 is 2.80 bits per heavy atom. The molecule has 1 atom stereocenters. The van der Waals surface area contributed by atoms with E-state index in [0.717, 1.165) is 19.4 Å². The molecule has 2 fully saturated rings. The maximum absolute atomic E-state index is 12.2. The second-order valence-corrected chi connectivity index (χ2v) is 7.05. The first kappa shape index (κ1) is 17.7. The molecule has 2 N–H and O–H groups in total. The number of carboxylic acid groups (broad SMARTS) is 1. The van der Waals surface area contributed by atoms with Crippen LogP contribution < -0.4 is 10.1 Å². The Morgan fingerprint density at radius 2 is 2.20 bits per heavy atom. The van der Waals surface area contributed by atoms with Crippen LogP contribution in [0.25, 0.3) is 0 Å². The zero-order valence-electron chi connectivity index (χ0n) is 14.4. The van der Waals surface area contributed by atoms with Gasteiger partial charge in [0.2, 0.25) is 0 Å². The summed E-state index contributed by atoms with van der Waals surface area (Å²) in [5.41, 5.74) is 0. The van der Waals surface area contributed by atoms with Crippen LogP contribution in [-0.4, -0.2) is 58.1 Å². The van der Waals surface area contributed by atoms with Crippen LogP contribution in [0.15, 0.2) is 24.5 Å². The van der Waals surface area contributed by atoms with E-state index < -0.39 is 12.1 Å². The molecule has 0 aromatic carbocycles. The van der Waals surface area contributed by atoms with Crippen LogP contribution in [-0.2, 0) is 9.59 Å². The predicted octanol–water partition coefficient (Wildman–Crippen LogP) is 1.29. The number of nitrogens with one attached hydrogen (secondary N) is 1. The fourth-order valence-electron chi connectivity index (χ4n) is 3.15. The zero-order valence-corrected chi connectivity index (χ0v) is 14.4. The van der Waals surface area contributed by atoms with Gasteiger partial charge in [0.05, 0.1) is 12.7 Å². The molecule has 136 valence electrons. The van der Waals surface area contributed by atoms with Crippen molar-refractivity contribution >= 4 is 11.9 Å². The van der Waals surface area contributed by atoms with Crippen LogP contribution in [0.4, 0.5) is 0 Å². The summed E-state index contributed by atoms with van der Waals surface area (Å²) >= 11 is 0. The summed E-state index contributed by atoms with van der Waals surface area (Å²) in [4.78, 5) is 29.3. The molecule has 2 aliphatic rings. The van der Waals surface area contributed by atoms with Crippen molar-refractivity contribution in [3.63, 3.8) is 0 Å². The molecule has 1 aromatic rings. The first-order chi connectivity index (χ1) is 12.0. The first-order valence-corrected chi connectivity index (χ1v) is 8.84. The number of ether oxygens (including phenoxy) is 1. The Labute approximate surface area is 147 Å². The van der Waals surface area contributed by atoms with Crippen LogP contribution in [0.2, 0.25) is 0 Å². The average Bonchev–Trinajstić information content (AvgIpc) is 3.34. The molecule has 0 spiro atoms. The molecule has 1 amide bonds. The second kappa shape index (κ2) is 7.82. The number of aromatic nitrogens is 1. The van der Waals surface area contributed by atoms with Crippen LogP contribution in [0.5, 0.6) is 5.75 Å². The number of carbonyl (C=O) groups is 2. The molecular weight excluding hydrogens is 322 g/mol. The Morgan fingerprint density at radius 1 is 1.44 bits per heavy atom. The fourth-order valence-corrected chi connectivity index (χ4v) is 3.15. The normalized spacial score (nSPS) is 23.6. The van der Waals surface area contributed by atoms with Gasteiger partial charge in [-0.05, 0) is 50.7 Å². The third-order valence-electron chi connectivity index (χ3n) is 4.82. The summed E-state index contributed by atoms with van der Waals surface area (Å²) < 4.78 is 5.57. The maximum Gasteiger partial charge on any atom is 0.317 e. The monoisotopic (exact) mass is 347 g/mol. The number of hydrogen-bond acceptors (Lipinski definition) is 5. The molecule has 7 heteroatoms. The van der Waals surface area contributed by atoms with E-state index in [0.29, 0.717) is 11.7 Å². The summed E-state index contributed by atoms with van der Waals surface area (Å²) in [6.45, 7) is 2.66. The number of pyridine rings is 1. The number of carboxylic acids is 1. The lowest BCUT2D eigenvalue weighted by atomic mass is 9.85. The van der Waals surface area contributed by atoms with Crippen molar-refractivity contribution in [2.24, 2.45) is 5.92 Å². The van der Waals surface area contributed by atoms with Gasteiger partial charge < -0.3 is 15.2 Å². The maximum atomic E-state index is 12.2. The quantitative estimate of drug-likeness (QED) is 0.699. The van der Waals surface area contributed by atoms with E-state index in [1.807, 2.05) is 0 Å². The molecule has 0 saturated heterocycles. The first-order valence-electron chi connectivity index (χ1n) is 8.84. The van der Waals surface area contributed by atoms with Gasteiger partial charge in [0, 0.05) is 24.8 Å². The SMILES string of the molecule is C[C@H](Oc1cccnc1)C(=O)NC1CC(N(CC(=O)O)CC2CC2)C1. The molecule has 0 bridgehead atoms. The van der Waals surface area contributed by atoms with Crippen LogP contribution in [0.3, 0.4) is 0 Å². The van der Waals surface area contributed by atoms with Crippen LogP contribution >= 0.6 is 0 Å². The molecule has 2 aliphatic carbocycles. The number of amides is 1. The minimum absolute atomic E-state index is 0.0857. The number of rotatable bonds is 9. The lowest BCUT2D eigenvalue weighted by Gasteiger charge is -2.43. The second-order valence-electron chi connectivity index (χ2n) is 7.05. The van der Waals surface area contributed by atoms with Crippen molar-refractivity contribution in [3.8, 4) is 5.75 Å². The summed E-state index contributed by atoms with van der Waals surface area (Å²) in [6.07, 6.45) is 6.63. The lowest BCUT2D eigenvalue weighted by molar-refractivity contribution is -0.140. The Hall–Kier alpha value is -2.15. The molecule has 3 rings (SSSR count). The smallest absolute Gasteiger partial charge is 0.317 e. The van der Waals surface area contributed by atoms with E-state index in [1.54, 1.807) is 31.5 Å². The van der Waals surface area contributed by atoms with E-state index in [9.17, 15) is 9.59 Å². The Bertz CT molecular complexity index is 600. The Balaban J connectivity index is 1.42. The zero-order chi connectivity index (χ0) is 17.8. The molecule has 0 radical (unpaired) electrons. The molecule has 1 heterocycles. The molecule has 2 saturated carbocycles. The molecule has 25 heavy (non-hydrogen) atoms. The van der Waals surface area contributed by atoms with Gasteiger partial charge in [0.25, 0.3) is 5.91 Å². The van der Waals surface area contributed by atoms with Gasteiger partial charge in [-0.2, -0.15) is 0 Å². The summed E-state index contributed by atoms with van der Waals surface area (Å²) in [6, 6.07) is 3.86. The third-order valence-corrected chi connectivity index (χ3v) is 4.82. The molecule has 0 aliphatic heterocycles. The minimum Gasteiger partial charge on any atom is -0.480 e. The van der Waals surface area contributed by atoms with Crippen molar-refractivity contribution in [1.82, 2.24) is 15.2 Å². The number of aliphatic carboxylic acids is 1. The van der Waals surface area contributed by atoms with E-state index in [-0.39, 0.29) is 24.5 Å². The van der Waals surface area contributed by atoms with Crippen molar-refractivity contribution in [1.29, 1.82) is 0 Å². The van der Waals surface area contributed by atoms with E-state index in [1.165, 1.54) is 12.8 Å². The van der Waals surface area contributed by atoms with Crippen LogP contribution in [0.1, 0.15) is 32.6 Å². The van der Waals surface area contributed by atoms with E-state index >= 15 is 0 Å². The van der Waals surface area contributed by atoms with Crippen molar-refractivity contribution in [2.45, 2.75) is 50.8 Å². The van der Waals surface area contributed by atoms with Gasteiger partial charge in [-0.3, -0.25) is 19.5 Å². The van der Waals surface area contributed by atoms with Gasteiger partial charge in [-0.1, -0.05) is 0 Å². The van der Waals surface area contributed by atoms with Crippen LogP contribution in [0, 0.1) is 5.92 Å². The highest BCUT2D eigenvalue weighted by Crippen LogP contribution is 2.33. The van der Waals surface area contributed by atoms with E-state index in [2.05, 4.69) is 15.2 Å². The highest BCUT2D eigenvalue weighted by molar-refractivity contribution is 5.81. The molecular formula is C18H25N3O4. The van der Waals surface area contributed by atoms with Crippen molar-refractivity contribution in [3.05, 3.63) is 24.5 Å².